The smallest absolute Gasteiger partial charge is 0.246 e. The average molecular weight is 380 g/mol. The molecule has 0 N–H and O–H groups in total. The Morgan fingerprint density at radius 3 is 2.36 bits per heavy atom. The summed E-state index contributed by atoms with van der Waals surface area (Å²) < 4.78 is 6.12. The maximum atomic E-state index is 12.4. The molecule has 150 valence electrons. The van der Waals surface area contributed by atoms with Crippen LogP contribution in [0.25, 0.3) is 6.08 Å². The lowest BCUT2D eigenvalue weighted by Gasteiger charge is -2.39. The van der Waals surface area contributed by atoms with E-state index in [2.05, 4.69) is 18.7 Å². The number of hydrogen-bond donors (Lipinski definition) is 0. The number of benzene rings is 1. The molecule has 3 aliphatic rings. The van der Waals surface area contributed by atoms with Crippen molar-refractivity contribution in [3.05, 3.63) is 77.4 Å². The van der Waals surface area contributed by atoms with E-state index in [0.29, 0.717) is 6.61 Å². The largest absolute Gasteiger partial charge is 0.365 e. The second-order valence-corrected chi connectivity index (χ2v) is 6.65. The Morgan fingerprint density at radius 2 is 1.71 bits per heavy atom. The summed E-state index contributed by atoms with van der Waals surface area (Å²) in [5.41, 5.74) is 4.46. The van der Waals surface area contributed by atoms with Crippen molar-refractivity contribution in [2.24, 2.45) is 0 Å². The van der Waals surface area contributed by atoms with Crippen LogP contribution in [-0.4, -0.2) is 36.1 Å². The number of amides is 1. The molecule has 0 radical (unpaired) electrons. The molecule has 0 aromatic heterocycles. The van der Waals surface area contributed by atoms with E-state index >= 15 is 0 Å². The predicted molar refractivity (Wildman–Crippen MR) is 118 cm³/mol. The van der Waals surface area contributed by atoms with Crippen LogP contribution in [0.5, 0.6) is 0 Å². The first-order valence-corrected chi connectivity index (χ1v) is 10.4. The van der Waals surface area contributed by atoms with Crippen molar-refractivity contribution in [1.29, 1.82) is 0 Å². The molecule has 2 aliphatic heterocycles. The van der Waals surface area contributed by atoms with E-state index in [0.717, 1.165) is 37.1 Å². The summed E-state index contributed by atoms with van der Waals surface area (Å²) in [4.78, 5) is 14.3. The zero-order valence-electron chi connectivity index (χ0n) is 17.7. The van der Waals surface area contributed by atoms with Crippen LogP contribution < -0.4 is 0 Å². The van der Waals surface area contributed by atoms with Gasteiger partial charge in [0, 0.05) is 19.2 Å². The van der Waals surface area contributed by atoms with Crippen LogP contribution in [0.2, 0.25) is 0 Å². The minimum Gasteiger partial charge on any atom is -0.365 e. The number of carbonyl (C=O) groups excluding carboxylic acids is 1. The topological polar surface area (TPSA) is 29.5 Å². The first kappa shape index (κ1) is 21.9. The minimum absolute atomic E-state index is 0.0762. The van der Waals surface area contributed by atoms with Gasteiger partial charge in [-0.3, -0.25) is 4.79 Å². The Labute approximate surface area is 170 Å². The van der Waals surface area contributed by atoms with Crippen LogP contribution in [0.3, 0.4) is 0 Å². The summed E-state index contributed by atoms with van der Waals surface area (Å²) in [6.45, 7) is 14.2. The molecule has 2 heterocycles. The second kappa shape index (κ2) is 10.2. The number of piperidine rings is 1. The molecule has 2 saturated heterocycles. The molecule has 1 aliphatic carbocycles. The zero-order valence-corrected chi connectivity index (χ0v) is 17.7. The molecule has 3 heteroatoms. The van der Waals surface area contributed by atoms with Gasteiger partial charge in [-0.2, -0.15) is 0 Å². The molecule has 0 saturated carbocycles. The van der Waals surface area contributed by atoms with Gasteiger partial charge in [-0.1, -0.05) is 64.6 Å². The lowest BCUT2D eigenvalue weighted by molar-refractivity contribution is -0.129. The average Bonchev–Trinajstić information content (AvgIpc) is 3.29. The molecule has 1 amide bonds. The van der Waals surface area contributed by atoms with E-state index in [-0.39, 0.29) is 11.5 Å². The predicted octanol–water partition coefficient (Wildman–Crippen LogP) is 5.57. The minimum atomic E-state index is -0.203. The number of ether oxygens (including phenoxy) is 1. The van der Waals surface area contributed by atoms with Gasteiger partial charge in [-0.15, -0.1) is 0 Å². The summed E-state index contributed by atoms with van der Waals surface area (Å²) in [7, 11) is 0. The highest BCUT2D eigenvalue weighted by Crippen LogP contribution is 2.46. The van der Waals surface area contributed by atoms with E-state index in [4.69, 9.17) is 4.74 Å². The summed E-state index contributed by atoms with van der Waals surface area (Å²) in [6.07, 6.45) is 9.52. The van der Waals surface area contributed by atoms with Gasteiger partial charge in [0.1, 0.15) is 0 Å². The number of likely N-dealkylation sites (tertiary alicyclic amines) is 1. The normalized spacial score (nSPS) is 19.3. The quantitative estimate of drug-likeness (QED) is 0.629. The van der Waals surface area contributed by atoms with Gasteiger partial charge in [0.05, 0.1) is 12.2 Å². The fourth-order valence-corrected chi connectivity index (χ4v) is 3.80. The number of allylic oxidation sites excluding steroid dienone is 3. The Kier molecular flexibility index (Phi) is 8.01. The van der Waals surface area contributed by atoms with Crippen molar-refractivity contribution in [1.82, 2.24) is 4.90 Å². The van der Waals surface area contributed by atoms with E-state index in [1.54, 1.807) is 6.08 Å². The fourth-order valence-electron chi connectivity index (χ4n) is 3.80. The third kappa shape index (κ3) is 4.71. The van der Waals surface area contributed by atoms with Gasteiger partial charge in [0.25, 0.3) is 0 Å². The molecular weight excluding hydrogens is 346 g/mol. The van der Waals surface area contributed by atoms with E-state index < -0.39 is 0 Å². The van der Waals surface area contributed by atoms with Gasteiger partial charge in [0.15, 0.2) is 0 Å². The molecule has 3 nitrogen and oxygen atoms in total. The Balaban J connectivity index is 0.000000660. The van der Waals surface area contributed by atoms with Crippen molar-refractivity contribution in [2.45, 2.75) is 46.1 Å². The highest BCUT2D eigenvalue weighted by Gasteiger charge is 2.46. The maximum Gasteiger partial charge on any atom is 0.246 e. The molecule has 2 fully saturated rings. The van der Waals surface area contributed by atoms with Crippen LogP contribution in [0.4, 0.5) is 0 Å². The van der Waals surface area contributed by atoms with Gasteiger partial charge in [0.2, 0.25) is 5.91 Å². The zero-order chi connectivity index (χ0) is 20.6. The van der Waals surface area contributed by atoms with Gasteiger partial charge >= 0.3 is 0 Å². The van der Waals surface area contributed by atoms with Crippen molar-refractivity contribution in [3.8, 4) is 0 Å². The van der Waals surface area contributed by atoms with Gasteiger partial charge in [-0.05, 0) is 53.4 Å². The first-order valence-electron chi connectivity index (χ1n) is 10.4. The Morgan fingerprint density at radius 1 is 1.07 bits per heavy atom. The molecule has 28 heavy (non-hydrogen) atoms. The Hall–Kier alpha value is -2.39. The van der Waals surface area contributed by atoms with E-state index in [1.165, 1.54) is 11.1 Å². The van der Waals surface area contributed by atoms with E-state index in [9.17, 15) is 4.79 Å². The second-order valence-electron chi connectivity index (χ2n) is 6.65. The van der Waals surface area contributed by atoms with E-state index in [1.807, 2.05) is 69.0 Å². The highest BCUT2D eigenvalue weighted by atomic mass is 16.5. The molecule has 1 aromatic rings. The highest BCUT2D eigenvalue weighted by molar-refractivity contribution is 5.91. The SMILES string of the molecule is C=C1C=C2COC3(CCN(C(=O)/C=C/c4ccccc4)CC3)C2=C1.CC.CC. The third-order valence-electron chi connectivity index (χ3n) is 5.13. The standard InChI is InChI=1S/C21H21NO2.2C2H6/c1-16-13-18-15-24-21(19(18)14-16)9-11-22(12-10-21)20(23)8-7-17-5-3-2-4-6-17;2*1-2/h2-8,13-14H,1,9-12,15H2;2*1-2H3/b8-7+;;. The van der Waals surface area contributed by atoms with Gasteiger partial charge in [-0.25, -0.2) is 0 Å². The van der Waals surface area contributed by atoms with Crippen molar-refractivity contribution in [3.63, 3.8) is 0 Å². The molecule has 0 bridgehead atoms. The molecule has 4 rings (SSSR count). The van der Waals surface area contributed by atoms with Crippen LogP contribution in [0, 0.1) is 0 Å². The lowest BCUT2D eigenvalue weighted by Crippen LogP contribution is -2.46. The molecule has 0 atom stereocenters. The summed E-state index contributed by atoms with van der Waals surface area (Å²) in [5, 5.41) is 0. The lowest BCUT2D eigenvalue weighted by atomic mass is 9.83. The molecular formula is C25H33NO2. The van der Waals surface area contributed by atoms with Crippen molar-refractivity contribution >= 4 is 12.0 Å². The van der Waals surface area contributed by atoms with Crippen LogP contribution >= 0.6 is 0 Å². The van der Waals surface area contributed by atoms with Crippen LogP contribution in [-0.2, 0) is 9.53 Å². The summed E-state index contributed by atoms with van der Waals surface area (Å²) in [5.74, 6) is 0.0762. The molecule has 1 aromatic carbocycles. The summed E-state index contributed by atoms with van der Waals surface area (Å²) in [6, 6.07) is 9.91. The van der Waals surface area contributed by atoms with Gasteiger partial charge < -0.3 is 9.64 Å². The van der Waals surface area contributed by atoms with Crippen LogP contribution in [0.15, 0.2) is 71.9 Å². The maximum absolute atomic E-state index is 12.4. The summed E-state index contributed by atoms with van der Waals surface area (Å²) >= 11 is 0. The third-order valence-corrected chi connectivity index (χ3v) is 5.13. The first-order chi connectivity index (χ1) is 13.7. The Bertz CT molecular complexity index is 763. The number of rotatable bonds is 2. The van der Waals surface area contributed by atoms with Crippen molar-refractivity contribution in [2.75, 3.05) is 19.7 Å². The number of carbonyl (C=O) groups is 1. The fraction of sp³-hybridized carbons (Fsp3) is 0.400. The monoisotopic (exact) mass is 379 g/mol. The number of hydrogen-bond acceptors (Lipinski definition) is 2. The molecule has 1 spiro atoms. The van der Waals surface area contributed by atoms with Crippen molar-refractivity contribution < 1.29 is 9.53 Å². The number of nitrogens with zero attached hydrogens (tertiary/aromatic N) is 1. The number of fused-ring (bicyclic) bond motifs is 2. The molecule has 0 unspecified atom stereocenters. The van der Waals surface area contributed by atoms with Crippen LogP contribution in [0.1, 0.15) is 46.1 Å².